The summed E-state index contributed by atoms with van der Waals surface area (Å²) in [6.07, 6.45) is 1.55. The molecule has 5 nitrogen and oxygen atoms in total. The molecule has 0 radical (unpaired) electrons. The number of carbonyl (C=O) groups excluding carboxylic acids is 2. The van der Waals surface area contributed by atoms with E-state index in [2.05, 4.69) is 10.6 Å². The molecular weight excluding hydrogens is 316 g/mol. The van der Waals surface area contributed by atoms with Crippen molar-refractivity contribution in [1.29, 1.82) is 0 Å². The fourth-order valence-corrected chi connectivity index (χ4v) is 2.39. The number of nitrogens with one attached hydrogen (secondary N) is 2. The predicted octanol–water partition coefficient (Wildman–Crippen LogP) is 3.77. The highest BCUT2D eigenvalue weighted by atomic mass is 16.3. The van der Waals surface area contributed by atoms with E-state index >= 15 is 0 Å². The minimum atomic E-state index is -0.262. The van der Waals surface area contributed by atoms with Gasteiger partial charge in [0.15, 0.2) is 0 Å². The van der Waals surface area contributed by atoms with E-state index in [0.717, 1.165) is 11.3 Å². The van der Waals surface area contributed by atoms with E-state index in [1.807, 2.05) is 31.2 Å². The Labute approximate surface area is 145 Å². The number of para-hydroxylation sites is 1. The van der Waals surface area contributed by atoms with Gasteiger partial charge in [0.05, 0.1) is 12.8 Å². The van der Waals surface area contributed by atoms with Gasteiger partial charge in [0.1, 0.15) is 5.76 Å². The lowest BCUT2D eigenvalue weighted by molar-refractivity contribution is 0.0948. The van der Waals surface area contributed by atoms with Crippen molar-refractivity contribution in [2.24, 2.45) is 0 Å². The summed E-state index contributed by atoms with van der Waals surface area (Å²) in [5, 5.41) is 5.62. The highest BCUT2D eigenvalue weighted by Crippen LogP contribution is 2.15. The standard InChI is InChI=1S/C20H18N2O3/c1-14-6-2-3-10-18(14)22-20(24)16-8-4-7-15(12-16)19(23)21-13-17-9-5-11-25-17/h2-12H,13H2,1H3,(H,21,23)(H,22,24). The second-order valence-electron chi connectivity index (χ2n) is 5.61. The first-order valence-electron chi connectivity index (χ1n) is 7.91. The maximum absolute atomic E-state index is 12.4. The lowest BCUT2D eigenvalue weighted by Gasteiger charge is -2.09. The van der Waals surface area contributed by atoms with Gasteiger partial charge in [0, 0.05) is 16.8 Å². The highest BCUT2D eigenvalue weighted by molar-refractivity contribution is 6.06. The zero-order valence-electron chi connectivity index (χ0n) is 13.8. The molecule has 0 saturated heterocycles. The van der Waals surface area contributed by atoms with Crippen LogP contribution >= 0.6 is 0 Å². The van der Waals surface area contributed by atoms with E-state index < -0.39 is 0 Å². The molecule has 2 N–H and O–H groups in total. The summed E-state index contributed by atoms with van der Waals surface area (Å²) >= 11 is 0. The van der Waals surface area contributed by atoms with E-state index in [-0.39, 0.29) is 11.8 Å². The average molecular weight is 334 g/mol. The largest absolute Gasteiger partial charge is 0.467 e. The first kappa shape index (κ1) is 16.5. The Kier molecular flexibility index (Phi) is 4.95. The molecule has 0 aliphatic rings. The molecule has 25 heavy (non-hydrogen) atoms. The molecule has 0 bridgehead atoms. The minimum absolute atomic E-state index is 0.255. The number of carbonyl (C=O) groups is 2. The second kappa shape index (κ2) is 7.49. The molecule has 2 aromatic carbocycles. The quantitative estimate of drug-likeness (QED) is 0.746. The van der Waals surface area contributed by atoms with Gasteiger partial charge in [-0.1, -0.05) is 24.3 Å². The number of hydrogen-bond acceptors (Lipinski definition) is 3. The Balaban J connectivity index is 1.69. The van der Waals surface area contributed by atoms with Gasteiger partial charge in [0.2, 0.25) is 0 Å². The molecule has 0 spiro atoms. The Bertz CT molecular complexity index is 885. The van der Waals surface area contributed by atoms with Gasteiger partial charge in [0.25, 0.3) is 11.8 Å². The van der Waals surface area contributed by atoms with Crippen LogP contribution in [0.4, 0.5) is 5.69 Å². The topological polar surface area (TPSA) is 71.3 Å². The van der Waals surface area contributed by atoms with E-state index in [1.165, 1.54) is 0 Å². The van der Waals surface area contributed by atoms with Crippen LogP contribution in [0.1, 0.15) is 32.0 Å². The van der Waals surface area contributed by atoms with Crippen LogP contribution in [0.5, 0.6) is 0 Å². The number of rotatable bonds is 5. The molecule has 1 aromatic heterocycles. The van der Waals surface area contributed by atoms with Crippen LogP contribution in [0.2, 0.25) is 0 Å². The zero-order valence-corrected chi connectivity index (χ0v) is 13.8. The molecule has 0 fully saturated rings. The van der Waals surface area contributed by atoms with Crippen LogP contribution in [0, 0.1) is 6.92 Å². The maximum Gasteiger partial charge on any atom is 0.255 e. The van der Waals surface area contributed by atoms with Gasteiger partial charge in [-0.15, -0.1) is 0 Å². The third-order valence-corrected chi connectivity index (χ3v) is 3.78. The predicted molar refractivity (Wildman–Crippen MR) is 95.5 cm³/mol. The average Bonchev–Trinajstić information content (AvgIpc) is 3.15. The molecule has 0 aliphatic carbocycles. The molecule has 0 saturated carbocycles. The van der Waals surface area contributed by atoms with Crippen molar-refractivity contribution in [1.82, 2.24) is 5.32 Å². The Morgan fingerprint density at radius 2 is 1.68 bits per heavy atom. The lowest BCUT2D eigenvalue weighted by Crippen LogP contribution is -2.23. The summed E-state index contributed by atoms with van der Waals surface area (Å²) in [7, 11) is 0. The van der Waals surface area contributed by atoms with Crippen molar-refractivity contribution in [2.75, 3.05) is 5.32 Å². The van der Waals surface area contributed by atoms with Gasteiger partial charge in [-0.2, -0.15) is 0 Å². The minimum Gasteiger partial charge on any atom is -0.467 e. The summed E-state index contributed by atoms with van der Waals surface area (Å²) in [5.41, 5.74) is 2.57. The van der Waals surface area contributed by atoms with E-state index in [4.69, 9.17) is 4.42 Å². The third kappa shape index (κ3) is 4.14. The highest BCUT2D eigenvalue weighted by Gasteiger charge is 2.11. The molecule has 5 heteroatoms. The monoisotopic (exact) mass is 334 g/mol. The molecular formula is C20H18N2O3. The van der Waals surface area contributed by atoms with Crippen molar-refractivity contribution in [3.8, 4) is 0 Å². The van der Waals surface area contributed by atoms with Crippen molar-refractivity contribution in [3.05, 3.63) is 89.4 Å². The third-order valence-electron chi connectivity index (χ3n) is 3.78. The number of furan rings is 1. The Morgan fingerprint density at radius 1 is 0.920 bits per heavy atom. The van der Waals surface area contributed by atoms with E-state index in [9.17, 15) is 9.59 Å². The molecule has 3 rings (SSSR count). The maximum atomic E-state index is 12.4. The number of aryl methyl sites for hydroxylation is 1. The number of benzene rings is 2. The van der Waals surface area contributed by atoms with Crippen LogP contribution in [0.3, 0.4) is 0 Å². The normalized spacial score (nSPS) is 10.3. The van der Waals surface area contributed by atoms with Crippen molar-refractivity contribution in [3.63, 3.8) is 0 Å². The first-order chi connectivity index (χ1) is 12.1. The fraction of sp³-hybridized carbons (Fsp3) is 0.100. The lowest BCUT2D eigenvalue weighted by atomic mass is 10.1. The Morgan fingerprint density at radius 3 is 2.40 bits per heavy atom. The molecule has 0 aliphatic heterocycles. The van der Waals surface area contributed by atoms with Crippen LogP contribution < -0.4 is 10.6 Å². The van der Waals surface area contributed by atoms with Crippen LogP contribution in [0.15, 0.2) is 71.3 Å². The van der Waals surface area contributed by atoms with Crippen LogP contribution in [-0.2, 0) is 6.54 Å². The van der Waals surface area contributed by atoms with Gasteiger partial charge < -0.3 is 15.1 Å². The van der Waals surface area contributed by atoms with E-state index in [1.54, 1.807) is 42.7 Å². The molecule has 0 atom stereocenters. The molecule has 0 unspecified atom stereocenters. The summed E-state index contributed by atoms with van der Waals surface area (Å²) in [5.74, 6) is 0.152. The summed E-state index contributed by atoms with van der Waals surface area (Å²) in [4.78, 5) is 24.7. The van der Waals surface area contributed by atoms with Crippen molar-refractivity contribution < 1.29 is 14.0 Å². The van der Waals surface area contributed by atoms with Crippen LogP contribution in [-0.4, -0.2) is 11.8 Å². The second-order valence-corrected chi connectivity index (χ2v) is 5.61. The zero-order chi connectivity index (χ0) is 17.6. The van der Waals surface area contributed by atoms with Crippen molar-refractivity contribution in [2.45, 2.75) is 13.5 Å². The molecule has 2 amide bonds. The summed E-state index contributed by atoms with van der Waals surface area (Å²) in [6, 6.07) is 17.7. The van der Waals surface area contributed by atoms with Crippen molar-refractivity contribution >= 4 is 17.5 Å². The molecule has 3 aromatic rings. The van der Waals surface area contributed by atoms with E-state index in [0.29, 0.717) is 23.4 Å². The van der Waals surface area contributed by atoms with Gasteiger partial charge in [-0.25, -0.2) is 0 Å². The summed E-state index contributed by atoms with van der Waals surface area (Å²) in [6.45, 7) is 2.22. The van der Waals surface area contributed by atoms with Gasteiger partial charge >= 0.3 is 0 Å². The first-order valence-corrected chi connectivity index (χ1v) is 7.91. The number of hydrogen-bond donors (Lipinski definition) is 2. The fourth-order valence-electron chi connectivity index (χ4n) is 2.39. The van der Waals surface area contributed by atoms with Gasteiger partial charge in [-0.3, -0.25) is 9.59 Å². The number of amides is 2. The number of anilines is 1. The smallest absolute Gasteiger partial charge is 0.255 e. The SMILES string of the molecule is Cc1ccccc1NC(=O)c1cccc(C(=O)NCc2ccco2)c1. The van der Waals surface area contributed by atoms with Crippen LogP contribution in [0.25, 0.3) is 0 Å². The van der Waals surface area contributed by atoms with Gasteiger partial charge in [-0.05, 0) is 48.9 Å². The molecule has 1 heterocycles. The Hall–Kier alpha value is -3.34. The molecule has 126 valence electrons. The summed E-state index contributed by atoms with van der Waals surface area (Å²) < 4.78 is 5.18.